The van der Waals surface area contributed by atoms with Crippen molar-refractivity contribution < 1.29 is 45.4 Å². The van der Waals surface area contributed by atoms with Gasteiger partial charge < -0.3 is 19.5 Å². The number of hydrogen-bond acceptors (Lipinski definition) is 7. The predicted molar refractivity (Wildman–Crippen MR) is 141 cm³/mol. The van der Waals surface area contributed by atoms with Crippen molar-refractivity contribution in [2.45, 2.75) is 51.8 Å². The number of benzene rings is 2. The molecule has 0 heterocycles. The molecular formula is C27H31F3N2O7S. The summed E-state index contributed by atoms with van der Waals surface area (Å²) in [6.07, 6.45) is -4.18. The van der Waals surface area contributed by atoms with Crippen LogP contribution in [0.3, 0.4) is 0 Å². The largest absolute Gasteiger partial charge is 0.573 e. The first-order chi connectivity index (χ1) is 18.7. The second-order valence-electron chi connectivity index (χ2n) is 9.20. The number of nitrogens with one attached hydrogen (secondary N) is 2. The fraction of sp³-hybridized carbons (Fsp3) is 0.407. The van der Waals surface area contributed by atoms with Gasteiger partial charge in [0.1, 0.15) is 16.4 Å². The molecule has 218 valence electrons. The molecule has 0 saturated carbocycles. The molecule has 0 bridgehead atoms. The van der Waals surface area contributed by atoms with E-state index in [2.05, 4.69) is 14.8 Å². The summed E-state index contributed by atoms with van der Waals surface area (Å²) >= 11 is 0. The van der Waals surface area contributed by atoms with Crippen LogP contribution >= 0.6 is 0 Å². The number of rotatable bonds is 10. The van der Waals surface area contributed by atoms with Gasteiger partial charge in [-0.3, -0.25) is 14.3 Å². The summed E-state index contributed by atoms with van der Waals surface area (Å²) in [6.45, 7) is 7.42. The summed E-state index contributed by atoms with van der Waals surface area (Å²) in [4.78, 5) is 25.5. The molecule has 0 unspecified atom stereocenters. The maximum Gasteiger partial charge on any atom is 0.573 e. The Hall–Kier alpha value is -3.74. The van der Waals surface area contributed by atoms with E-state index in [1.54, 1.807) is 13.8 Å². The van der Waals surface area contributed by atoms with Crippen molar-refractivity contribution in [1.29, 1.82) is 0 Å². The summed E-state index contributed by atoms with van der Waals surface area (Å²) < 4.78 is 80.7. The van der Waals surface area contributed by atoms with E-state index in [0.717, 1.165) is 23.3 Å². The molecule has 0 radical (unpaired) electrons. The Morgan fingerprint density at radius 2 is 1.62 bits per heavy atom. The number of carbonyl (C=O) groups is 2. The molecule has 1 amide bonds. The lowest BCUT2D eigenvalue weighted by atomic mass is 9.76. The van der Waals surface area contributed by atoms with E-state index in [4.69, 9.17) is 9.47 Å². The van der Waals surface area contributed by atoms with Crippen molar-refractivity contribution in [3.8, 4) is 11.5 Å². The van der Waals surface area contributed by atoms with E-state index in [0.29, 0.717) is 12.8 Å². The summed E-state index contributed by atoms with van der Waals surface area (Å²) in [7, 11) is -4.32. The van der Waals surface area contributed by atoms with Crippen LogP contribution in [0.5, 0.6) is 11.5 Å². The maximum absolute atomic E-state index is 13.3. The van der Waals surface area contributed by atoms with Crippen LogP contribution in [0.2, 0.25) is 0 Å². The molecule has 2 aromatic carbocycles. The molecule has 2 N–H and O–H groups in total. The number of alkyl halides is 3. The van der Waals surface area contributed by atoms with Gasteiger partial charge in [0, 0.05) is 17.8 Å². The molecule has 0 aromatic heterocycles. The highest BCUT2D eigenvalue weighted by molar-refractivity contribution is 7.92. The van der Waals surface area contributed by atoms with Crippen molar-refractivity contribution in [3.63, 3.8) is 0 Å². The van der Waals surface area contributed by atoms with Crippen LogP contribution < -0.4 is 19.5 Å². The Labute approximate surface area is 230 Å². The first-order valence-electron chi connectivity index (χ1n) is 12.5. The second kappa shape index (κ2) is 12.6. The van der Waals surface area contributed by atoms with Crippen LogP contribution in [0.25, 0.3) is 0 Å². The van der Waals surface area contributed by atoms with Gasteiger partial charge in [-0.05, 0) is 64.8 Å². The van der Waals surface area contributed by atoms with Gasteiger partial charge in [0.2, 0.25) is 5.91 Å². The molecule has 0 fully saturated rings. The van der Waals surface area contributed by atoms with E-state index >= 15 is 0 Å². The third-order valence-corrected chi connectivity index (χ3v) is 7.73. The Balaban J connectivity index is 1.85. The van der Waals surface area contributed by atoms with Gasteiger partial charge in [0.15, 0.2) is 0 Å². The lowest BCUT2D eigenvalue weighted by Gasteiger charge is -2.30. The SMILES string of the molecule is CCOC(=O)[C@H]1CC(C)=C(C)C[C@@H]1C(=O)Nc1ccc(S(=O)(=O)Nc2cccc(OC(F)(F)F)c2)c(OCC)c1. The minimum atomic E-state index is -4.94. The van der Waals surface area contributed by atoms with E-state index in [-0.39, 0.29) is 35.2 Å². The highest BCUT2D eigenvalue weighted by Crippen LogP contribution is 2.37. The zero-order valence-corrected chi connectivity index (χ0v) is 23.2. The van der Waals surface area contributed by atoms with Crippen LogP contribution in [0.4, 0.5) is 24.5 Å². The highest BCUT2D eigenvalue weighted by Gasteiger charge is 2.38. The number of ether oxygens (including phenoxy) is 3. The van der Waals surface area contributed by atoms with Crippen LogP contribution in [0, 0.1) is 11.8 Å². The van der Waals surface area contributed by atoms with Crippen LogP contribution in [0.1, 0.15) is 40.5 Å². The number of anilines is 2. The average Bonchev–Trinajstić information content (AvgIpc) is 2.84. The second-order valence-corrected chi connectivity index (χ2v) is 10.8. The van der Waals surface area contributed by atoms with Crippen molar-refractivity contribution in [1.82, 2.24) is 0 Å². The van der Waals surface area contributed by atoms with Gasteiger partial charge in [-0.15, -0.1) is 13.2 Å². The minimum absolute atomic E-state index is 0.0889. The van der Waals surface area contributed by atoms with Crippen LogP contribution in [0.15, 0.2) is 58.5 Å². The first kappa shape index (κ1) is 30.8. The topological polar surface area (TPSA) is 120 Å². The molecule has 13 heteroatoms. The summed E-state index contributed by atoms with van der Waals surface area (Å²) in [5, 5.41) is 2.74. The third kappa shape index (κ3) is 7.90. The van der Waals surface area contributed by atoms with Gasteiger partial charge >= 0.3 is 12.3 Å². The minimum Gasteiger partial charge on any atom is -0.492 e. The van der Waals surface area contributed by atoms with Gasteiger partial charge in [-0.2, -0.15) is 0 Å². The smallest absolute Gasteiger partial charge is 0.492 e. The zero-order valence-electron chi connectivity index (χ0n) is 22.4. The average molecular weight is 585 g/mol. The van der Waals surface area contributed by atoms with E-state index < -0.39 is 45.8 Å². The summed E-state index contributed by atoms with van der Waals surface area (Å²) in [6, 6.07) is 8.28. The number of hydrogen-bond donors (Lipinski definition) is 2. The summed E-state index contributed by atoms with van der Waals surface area (Å²) in [5.41, 5.74) is 2.10. The molecule has 1 aliphatic carbocycles. The van der Waals surface area contributed by atoms with E-state index in [9.17, 15) is 31.2 Å². The molecule has 3 rings (SSSR count). The van der Waals surface area contributed by atoms with Gasteiger partial charge in [0.25, 0.3) is 10.0 Å². The fourth-order valence-electron chi connectivity index (χ4n) is 4.34. The molecule has 9 nitrogen and oxygen atoms in total. The molecule has 1 aliphatic rings. The van der Waals surface area contributed by atoms with Crippen LogP contribution in [-0.4, -0.2) is 39.9 Å². The van der Waals surface area contributed by atoms with E-state index in [1.165, 1.54) is 30.3 Å². The Bertz CT molecular complexity index is 1390. The predicted octanol–water partition coefficient (Wildman–Crippen LogP) is 5.65. The summed E-state index contributed by atoms with van der Waals surface area (Å²) in [5.74, 6) is -2.91. The number of esters is 1. The number of sulfonamides is 1. The Morgan fingerprint density at radius 1 is 0.950 bits per heavy atom. The van der Waals surface area contributed by atoms with Gasteiger partial charge in [-0.25, -0.2) is 8.42 Å². The number of carbonyl (C=O) groups excluding carboxylic acids is 2. The fourth-order valence-corrected chi connectivity index (χ4v) is 5.52. The lowest BCUT2D eigenvalue weighted by molar-refractivity contribution is -0.274. The normalized spacial score (nSPS) is 17.7. The molecule has 2 atom stereocenters. The van der Waals surface area contributed by atoms with E-state index in [1.807, 2.05) is 13.8 Å². The molecule has 2 aromatic rings. The van der Waals surface area contributed by atoms with Gasteiger partial charge in [-0.1, -0.05) is 17.2 Å². The maximum atomic E-state index is 13.3. The molecule has 0 aliphatic heterocycles. The highest BCUT2D eigenvalue weighted by atomic mass is 32.2. The van der Waals surface area contributed by atoms with Gasteiger partial charge in [0.05, 0.1) is 30.7 Å². The molecule has 0 saturated heterocycles. The Morgan fingerprint density at radius 3 is 2.25 bits per heavy atom. The molecule has 40 heavy (non-hydrogen) atoms. The van der Waals surface area contributed by atoms with Crippen molar-refractivity contribution in [2.75, 3.05) is 23.3 Å². The molecular weight excluding hydrogens is 553 g/mol. The Kier molecular flexibility index (Phi) is 9.72. The third-order valence-electron chi connectivity index (χ3n) is 6.31. The van der Waals surface area contributed by atoms with Crippen molar-refractivity contribution in [3.05, 3.63) is 53.6 Å². The number of halogens is 3. The van der Waals surface area contributed by atoms with Crippen molar-refractivity contribution >= 4 is 33.3 Å². The standard InChI is InChI=1S/C27H31F3N2O7S/c1-5-37-23-15-18(31-25(33)21-12-16(3)17(4)13-22(21)26(34)38-6-2)10-11-24(23)40(35,36)32-19-8-7-9-20(14-19)39-27(28,29)30/h7-11,14-15,21-22,32H,5-6,12-13H2,1-4H3,(H,31,33)/t21-,22-/m0/s1. The number of allylic oxidation sites excluding steroid dienone is 2. The monoisotopic (exact) mass is 584 g/mol. The zero-order chi connectivity index (χ0) is 29.7. The van der Waals surface area contributed by atoms with Crippen LogP contribution in [-0.2, 0) is 24.3 Å². The quantitative estimate of drug-likeness (QED) is 0.274. The lowest BCUT2D eigenvalue weighted by Crippen LogP contribution is -2.37. The number of amides is 1. The first-order valence-corrected chi connectivity index (χ1v) is 14.0. The molecule has 0 spiro atoms. The van der Waals surface area contributed by atoms with Crippen molar-refractivity contribution in [2.24, 2.45) is 11.8 Å².